The Kier molecular flexibility index (Phi) is 7.48. The summed E-state index contributed by atoms with van der Waals surface area (Å²) < 4.78 is 0. The first-order valence-corrected chi connectivity index (χ1v) is 16.1. The van der Waals surface area contributed by atoms with E-state index in [4.69, 9.17) is 4.98 Å². The summed E-state index contributed by atoms with van der Waals surface area (Å²) in [7, 11) is 0. The fourth-order valence-electron chi connectivity index (χ4n) is 7.22. The number of nitrogens with one attached hydrogen (secondary N) is 4. The van der Waals surface area contributed by atoms with Gasteiger partial charge in [-0.15, -0.1) is 0 Å². The number of rotatable bonds is 6. The molecular formula is C36H44N6O. The minimum absolute atomic E-state index is 0.0628. The van der Waals surface area contributed by atoms with Gasteiger partial charge in [0.05, 0.1) is 35.2 Å². The van der Waals surface area contributed by atoms with Crippen molar-refractivity contribution >= 4 is 28.3 Å². The van der Waals surface area contributed by atoms with Gasteiger partial charge in [0.25, 0.3) is 0 Å². The van der Waals surface area contributed by atoms with Crippen LogP contribution in [0.4, 0.5) is 11.4 Å². The molecule has 0 aliphatic carbocycles. The van der Waals surface area contributed by atoms with Crippen LogP contribution in [0.1, 0.15) is 99.9 Å². The van der Waals surface area contributed by atoms with Crippen LogP contribution in [0.3, 0.4) is 0 Å². The minimum atomic E-state index is -0.0838. The van der Waals surface area contributed by atoms with Crippen LogP contribution >= 0.6 is 0 Å². The van der Waals surface area contributed by atoms with E-state index in [-0.39, 0.29) is 29.4 Å². The van der Waals surface area contributed by atoms with Gasteiger partial charge in [-0.2, -0.15) is 0 Å². The van der Waals surface area contributed by atoms with E-state index in [1.807, 2.05) is 0 Å². The number of carbonyl (C=O) groups excluding carboxylic acids is 1. The van der Waals surface area contributed by atoms with Crippen molar-refractivity contribution in [2.45, 2.75) is 88.9 Å². The van der Waals surface area contributed by atoms with Crippen molar-refractivity contribution in [3.8, 4) is 0 Å². The van der Waals surface area contributed by atoms with E-state index < -0.39 is 0 Å². The lowest BCUT2D eigenvalue weighted by Gasteiger charge is -2.34. The number of H-pyrrole nitrogens is 1. The summed E-state index contributed by atoms with van der Waals surface area (Å²) in [6, 6.07) is 25.2. The Bertz CT molecular complexity index is 1570. The summed E-state index contributed by atoms with van der Waals surface area (Å²) in [4.78, 5) is 23.8. The van der Waals surface area contributed by atoms with Gasteiger partial charge in [0.1, 0.15) is 5.82 Å². The van der Waals surface area contributed by atoms with Crippen molar-refractivity contribution in [3.05, 3.63) is 89.2 Å². The Balaban J connectivity index is 1.19. The molecule has 1 unspecified atom stereocenters. The molecule has 3 saturated heterocycles. The molecule has 4 heterocycles. The van der Waals surface area contributed by atoms with Crippen LogP contribution in [0.15, 0.2) is 66.7 Å². The fourth-order valence-corrected chi connectivity index (χ4v) is 7.22. The zero-order chi connectivity index (χ0) is 29.6. The normalized spacial score (nSPS) is 24.2. The Morgan fingerprint density at radius 3 is 2.21 bits per heavy atom. The molecule has 4 aromatic rings. The summed E-state index contributed by atoms with van der Waals surface area (Å²) in [5, 5.41) is 9.97. The number of aromatic nitrogens is 2. The zero-order valence-electron chi connectivity index (χ0n) is 25.6. The maximum Gasteiger partial charge on any atom is 0.241 e. The summed E-state index contributed by atoms with van der Waals surface area (Å²) in [5.74, 6) is 1.12. The van der Waals surface area contributed by atoms with Gasteiger partial charge in [-0.25, -0.2) is 4.98 Å². The second-order valence-corrected chi connectivity index (χ2v) is 13.6. The average Bonchev–Trinajstić information content (AvgIpc) is 3.83. The van der Waals surface area contributed by atoms with Crippen molar-refractivity contribution in [2.24, 2.45) is 0 Å². The van der Waals surface area contributed by atoms with Gasteiger partial charge >= 0.3 is 0 Å². The molecule has 0 spiro atoms. The molecule has 0 saturated carbocycles. The molecule has 0 radical (unpaired) electrons. The summed E-state index contributed by atoms with van der Waals surface area (Å²) >= 11 is 0. The third-order valence-corrected chi connectivity index (χ3v) is 9.66. The van der Waals surface area contributed by atoms with Gasteiger partial charge in [0.15, 0.2) is 0 Å². The molecule has 43 heavy (non-hydrogen) atoms. The van der Waals surface area contributed by atoms with E-state index in [1.165, 1.54) is 28.8 Å². The predicted molar refractivity (Wildman–Crippen MR) is 175 cm³/mol. The van der Waals surface area contributed by atoms with E-state index >= 15 is 0 Å². The molecule has 1 amide bonds. The van der Waals surface area contributed by atoms with Crippen molar-refractivity contribution in [3.63, 3.8) is 0 Å². The first kappa shape index (κ1) is 28.1. The Morgan fingerprint density at radius 1 is 0.837 bits per heavy atom. The topological polar surface area (TPSA) is 85.1 Å². The van der Waals surface area contributed by atoms with Crippen LogP contribution in [0.2, 0.25) is 0 Å². The number of anilines is 2. The van der Waals surface area contributed by atoms with Crippen LogP contribution in [-0.4, -0.2) is 35.0 Å². The van der Waals surface area contributed by atoms with E-state index in [1.54, 1.807) is 0 Å². The maximum atomic E-state index is 12.7. The molecule has 3 fully saturated rings. The lowest BCUT2D eigenvalue weighted by molar-refractivity contribution is -0.117. The number of aromatic amines is 1. The number of benzene rings is 3. The van der Waals surface area contributed by atoms with Gasteiger partial charge in [-0.3, -0.25) is 4.79 Å². The van der Waals surface area contributed by atoms with Crippen molar-refractivity contribution in [1.82, 2.24) is 20.6 Å². The Morgan fingerprint density at radius 2 is 1.53 bits per heavy atom. The molecule has 4 atom stereocenters. The van der Waals surface area contributed by atoms with Gasteiger partial charge in [-0.1, -0.05) is 51.1 Å². The number of imidazole rings is 1. The van der Waals surface area contributed by atoms with Gasteiger partial charge in [-0.05, 0) is 110 Å². The lowest BCUT2D eigenvalue weighted by atomic mass is 9.87. The highest BCUT2D eigenvalue weighted by Crippen LogP contribution is 2.47. The summed E-state index contributed by atoms with van der Waals surface area (Å²) in [6.07, 6.45) is 6.41. The fraction of sp³-hybridized carbons (Fsp3) is 0.444. The molecule has 224 valence electrons. The number of carbonyl (C=O) groups is 1. The summed E-state index contributed by atoms with van der Waals surface area (Å²) in [5.41, 5.74) is 8.29. The van der Waals surface area contributed by atoms with Gasteiger partial charge in [0, 0.05) is 11.4 Å². The summed E-state index contributed by atoms with van der Waals surface area (Å²) in [6.45, 7) is 8.77. The molecule has 7 heteroatoms. The minimum Gasteiger partial charge on any atom is -0.357 e. The second kappa shape index (κ2) is 11.4. The molecule has 3 aromatic carbocycles. The molecule has 7 nitrogen and oxygen atoms in total. The zero-order valence-corrected chi connectivity index (χ0v) is 25.6. The highest BCUT2D eigenvalue weighted by Gasteiger charge is 2.36. The lowest BCUT2D eigenvalue weighted by Crippen LogP contribution is -2.35. The monoisotopic (exact) mass is 576 g/mol. The van der Waals surface area contributed by atoms with E-state index in [0.717, 1.165) is 67.7 Å². The number of hydrogen-bond donors (Lipinski definition) is 4. The van der Waals surface area contributed by atoms with E-state index in [2.05, 4.69) is 113 Å². The SMILES string of the molecule is CC(C)(C)c1ccc(N2[C@@H](c3ccc(NC(=O)C4CCCN4)cc3)CC[C@@H]2c2ccc3nc([C@@H]4CCCN4)[nH]c3c2)cc1. The van der Waals surface area contributed by atoms with Crippen molar-refractivity contribution in [2.75, 3.05) is 23.3 Å². The second-order valence-electron chi connectivity index (χ2n) is 13.6. The van der Waals surface area contributed by atoms with Gasteiger partial charge in [0.2, 0.25) is 5.91 Å². The highest BCUT2D eigenvalue weighted by atomic mass is 16.2. The molecule has 3 aliphatic heterocycles. The molecule has 7 rings (SSSR count). The quantitative estimate of drug-likeness (QED) is 0.198. The number of nitrogens with zero attached hydrogens (tertiary/aromatic N) is 2. The Hall–Kier alpha value is -3.68. The molecule has 4 N–H and O–H groups in total. The van der Waals surface area contributed by atoms with Crippen LogP contribution in [0.25, 0.3) is 11.0 Å². The van der Waals surface area contributed by atoms with Gasteiger partial charge < -0.3 is 25.8 Å². The first-order valence-electron chi connectivity index (χ1n) is 16.1. The standard InChI is InChI=1S/C36H44N6O/c1-36(2,3)25-11-15-27(16-12-25)42-32(23-8-13-26(14-9-23)39-35(43)30-7-5-21-38-30)18-19-33(42)24-10-17-28-31(22-24)41-34(40-28)29-6-4-20-37-29/h8-17,22,29-30,32-33,37-38H,4-7,18-21H2,1-3H3,(H,39,43)(H,40,41)/t29-,30?,32+,33+/m0/s1. The third kappa shape index (κ3) is 5.68. The number of fused-ring (bicyclic) bond motifs is 1. The van der Waals surface area contributed by atoms with E-state index in [9.17, 15) is 4.79 Å². The maximum absolute atomic E-state index is 12.7. The molecular weight excluding hydrogens is 532 g/mol. The van der Waals surface area contributed by atoms with E-state index in [0.29, 0.717) is 6.04 Å². The van der Waals surface area contributed by atoms with Crippen LogP contribution in [-0.2, 0) is 10.2 Å². The molecule has 1 aromatic heterocycles. The predicted octanol–water partition coefficient (Wildman–Crippen LogP) is 7.06. The van der Waals surface area contributed by atoms with Crippen molar-refractivity contribution in [1.29, 1.82) is 0 Å². The first-order chi connectivity index (χ1) is 20.8. The van der Waals surface area contributed by atoms with Crippen LogP contribution in [0, 0.1) is 0 Å². The smallest absolute Gasteiger partial charge is 0.241 e. The third-order valence-electron chi connectivity index (χ3n) is 9.66. The number of amides is 1. The highest BCUT2D eigenvalue weighted by molar-refractivity contribution is 5.95. The molecule has 3 aliphatic rings. The number of hydrogen-bond acceptors (Lipinski definition) is 5. The van der Waals surface area contributed by atoms with Crippen LogP contribution in [0.5, 0.6) is 0 Å². The van der Waals surface area contributed by atoms with Crippen molar-refractivity contribution < 1.29 is 4.79 Å². The molecule has 0 bridgehead atoms. The average molecular weight is 577 g/mol. The Labute approximate surface area is 254 Å². The largest absolute Gasteiger partial charge is 0.357 e. The van der Waals surface area contributed by atoms with Crippen LogP contribution < -0.4 is 20.9 Å².